The van der Waals surface area contributed by atoms with Crippen LogP contribution in [0.4, 0.5) is 11.8 Å². The lowest BCUT2D eigenvalue weighted by atomic mass is 9.97. The van der Waals surface area contributed by atoms with E-state index < -0.39 is 24.2 Å². The van der Waals surface area contributed by atoms with E-state index in [1.165, 1.54) is 0 Å². The molecule has 0 aliphatic heterocycles. The molecule has 0 saturated heterocycles. The molecule has 37 heavy (non-hydrogen) atoms. The van der Waals surface area contributed by atoms with Crippen molar-refractivity contribution >= 4 is 35.1 Å². The van der Waals surface area contributed by atoms with E-state index in [0.717, 1.165) is 5.39 Å². The fourth-order valence-corrected chi connectivity index (χ4v) is 4.54. The van der Waals surface area contributed by atoms with E-state index >= 15 is 0 Å². The third kappa shape index (κ3) is 6.26. The Hall–Kier alpha value is -2.66. The summed E-state index contributed by atoms with van der Waals surface area (Å²) in [6.07, 6.45) is -1.67. The van der Waals surface area contributed by atoms with Crippen molar-refractivity contribution in [3.05, 3.63) is 23.5 Å². The second kappa shape index (κ2) is 11.4. The van der Waals surface area contributed by atoms with Crippen LogP contribution in [0.2, 0.25) is 0 Å². The Kier molecular flexibility index (Phi) is 8.89. The summed E-state index contributed by atoms with van der Waals surface area (Å²) >= 11 is 0. The lowest BCUT2D eigenvalue weighted by Crippen LogP contribution is -2.35. The van der Waals surface area contributed by atoms with Gasteiger partial charge >= 0.3 is 0 Å². The van der Waals surface area contributed by atoms with Crippen LogP contribution in [-0.2, 0) is 0 Å². The van der Waals surface area contributed by atoms with Crippen molar-refractivity contribution in [2.24, 2.45) is 11.3 Å². The van der Waals surface area contributed by atoms with Crippen molar-refractivity contribution in [2.75, 3.05) is 30.4 Å². The van der Waals surface area contributed by atoms with E-state index in [1.807, 2.05) is 32.9 Å². The summed E-state index contributed by atoms with van der Waals surface area (Å²) in [6.45, 7) is 13.0. The third-order valence-corrected chi connectivity index (χ3v) is 6.41. The van der Waals surface area contributed by atoms with Crippen molar-refractivity contribution < 1.29 is 24.5 Å². The summed E-state index contributed by atoms with van der Waals surface area (Å²) in [5, 5.41) is 38.0. The molecule has 0 aromatic carbocycles. The summed E-state index contributed by atoms with van der Waals surface area (Å²) in [4.78, 5) is 13.9. The number of hydrogen-bond donors (Lipinski definition) is 5. The number of pyridine rings is 1. The molecule has 3 aromatic rings. The van der Waals surface area contributed by atoms with Gasteiger partial charge in [0, 0.05) is 30.5 Å². The fourth-order valence-electron chi connectivity index (χ4n) is 4.54. The zero-order chi connectivity index (χ0) is 26.2. The molecular weight excluding hydrogens is 498 g/mol. The second-order valence-corrected chi connectivity index (χ2v) is 10.7. The average Bonchev–Trinajstić information content (AvgIpc) is 3.34. The van der Waals surface area contributed by atoms with Crippen LogP contribution in [-0.4, -0.2) is 68.3 Å². The Balaban J connectivity index is 0.00000380. The van der Waals surface area contributed by atoms with Gasteiger partial charge in [0.25, 0.3) is 0 Å². The predicted octanol–water partition coefficient (Wildman–Crippen LogP) is 3.69. The highest BCUT2D eigenvalue weighted by Crippen LogP contribution is 2.38. The van der Waals surface area contributed by atoms with E-state index in [4.69, 9.17) is 14.1 Å². The number of nitrogens with one attached hydrogen (secondary N) is 2. The van der Waals surface area contributed by atoms with E-state index in [-0.39, 0.29) is 24.4 Å². The molecule has 3 heterocycles. The van der Waals surface area contributed by atoms with Crippen LogP contribution in [0.25, 0.3) is 22.3 Å². The molecule has 1 saturated carbocycles. The second-order valence-electron chi connectivity index (χ2n) is 10.7. The molecule has 1 aliphatic rings. The lowest BCUT2D eigenvalue weighted by Gasteiger charge is -2.22. The van der Waals surface area contributed by atoms with Crippen LogP contribution < -0.4 is 15.4 Å². The topological polar surface area (TPSA) is 146 Å². The van der Waals surface area contributed by atoms with Gasteiger partial charge in [-0.3, -0.25) is 0 Å². The number of furan rings is 1. The van der Waals surface area contributed by atoms with E-state index in [0.29, 0.717) is 65.5 Å². The first-order valence-electron chi connectivity index (χ1n) is 12.4. The molecule has 4 atom stereocenters. The van der Waals surface area contributed by atoms with Crippen LogP contribution in [0.3, 0.4) is 0 Å². The molecule has 5 N–H and O–H groups in total. The highest BCUT2D eigenvalue weighted by Gasteiger charge is 2.41. The molecule has 4 rings (SSSR count). The number of aryl methyl sites for hydroxylation is 2. The summed E-state index contributed by atoms with van der Waals surface area (Å²) in [6, 6.07) is 3.24. The maximum Gasteiger partial charge on any atom is 0.224 e. The smallest absolute Gasteiger partial charge is 0.224 e. The number of aromatic nitrogens is 3. The van der Waals surface area contributed by atoms with E-state index in [2.05, 4.69) is 41.4 Å². The van der Waals surface area contributed by atoms with Gasteiger partial charge in [-0.1, -0.05) is 20.8 Å². The molecule has 11 heteroatoms. The Labute approximate surface area is 223 Å². The molecule has 0 spiro atoms. The Morgan fingerprint density at radius 1 is 1.08 bits per heavy atom. The first-order chi connectivity index (χ1) is 17.0. The highest BCUT2D eigenvalue weighted by molar-refractivity contribution is 5.88. The van der Waals surface area contributed by atoms with Gasteiger partial charge in [-0.05, 0) is 38.7 Å². The minimum absolute atomic E-state index is 0. The van der Waals surface area contributed by atoms with Gasteiger partial charge in [0.2, 0.25) is 11.8 Å². The molecule has 0 radical (unpaired) electrons. The molecule has 0 unspecified atom stereocenters. The number of anilines is 2. The Bertz CT molecular complexity index is 1230. The molecule has 3 aromatic heterocycles. The van der Waals surface area contributed by atoms with E-state index in [1.54, 1.807) is 0 Å². The van der Waals surface area contributed by atoms with Crippen LogP contribution >= 0.6 is 12.4 Å². The lowest BCUT2D eigenvalue weighted by molar-refractivity contribution is 0.00446. The standard InChI is InChI=1S/C26H37N5O5.ClH/c1-7-35-19-10-15-9-18(36-23(15)14(3)28-19)20-13(2)29-25(27-12-26(4,5)6)31-24(20)30-17-8-16(11-32)21(33)22(17)34;/h9-10,16-17,21-22,32-34H,7-8,11-12H2,1-6H3,(H2,27,29,30,31);1H/t16-,17-,21-,22+;/m1./s1. The van der Waals surface area contributed by atoms with Gasteiger partial charge in [-0.2, -0.15) is 4.98 Å². The maximum absolute atomic E-state index is 10.6. The fraction of sp³-hybridized carbons (Fsp3) is 0.577. The highest BCUT2D eigenvalue weighted by atomic mass is 35.5. The number of halogens is 1. The normalized spacial score (nSPS) is 21.6. The van der Waals surface area contributed by atoms with Gasteiger partial charge < -0.3 is 35.1 Å². The molecular formula is C26H38ClN5O5. The molecule has 0 bridgehead atoms. The van der Waals surface area contributed by atoms with E-state index in [9.17, 15) is 15.3 Å². The van der Waals surface area contributed by atoms with Crippen LogP contribution in [0, 0.1) is 25.2 Å². The van der Waals surface area contributed by atoms with Gasteiger partial charge in [-0.15, -0.1) is 12.4 Å². The van der Waals surface area contributed by atoms with Gasteiger partial charge in [0.15, 0.2) is 5.58 Å². The minimum atomic E-state index is -1.05. The number of nitrogens with zero attached hydrogens (tertiary/aromatic N) is 3. The molecule has 1 fully saturated rings. The van der Waals surface area contributed by atoms with Gasteiger partial charge in [-0.25, -0.2) is 9.97 Å². The van der Waals surface area contributed by atoms with Crippen molar-refractivity contribution in [3.8, 4) is 17.2 Å². The number of aliphatic hydroxyl groups is 3. The number of rotatable bonds is 8. The Morgan fingerprint density at radius 2 is 1.81 bits per heavy atom. The van der Waals surface area contributed by atoms with Crippen LogP contribution in [0.1, 0.15) is 45.5 Å². The van der Waals surface area contributed by atoms with Crippen molar-refractivity contribution in [1.29, 1.82) is 0 Å². The summed E-state index contributed by atoms with van der Waals surface area (Å²) < 4.78 is 11.8. The summed E-state index contributed by atoms with van der Waals surface area (Å²) in [7, 11) is 0. The third-order valence-electron chi connectivity index (χ3n) is 6.41. The molecule has 204 valence electrons. The van der Waals surface area contributed by atoms with Gasteiger partial charge in [0.1, 0.15) is 17.7 Å². The summed E-state index contributed by atoms with van der Waals surface area (Å²) in [5.41, 5.74) is 2.71. The number of ether oxygens (including phenoxy) is 1. The monoisotopic (exact) mass is 535 g/mol. The number of fused-ring (bicyclic) bond motifs is 1. The number of aliphatic hydroxyl groups excluding tert-OH is 3. The first kappa shape index (κ1) is 28.9. The minimum Gasteiger partial charge on any atom is -0.478 e. The average molecular weight is 536 g/mol. The van der Waals surface area contributed by atoms with Gasteiger partial charge in [0.05, 0.1) is 35.7 Å². The van der Waals surface area contributed by atoms with Crippen molar-refractivity contribution in [2.45, 2.75) is 66.2 Å². The quantitative estimate of drug-likeness (QED) is 0.289. The molecule has 0 amide bonds. The first-order valence-corrected chi connectivity index (χ1v) is 12.4. The predicted molar refractivity (Wildman–Crippen MR) is 145 cm³/mol. The molecule has 1 aliphatic carbocycles. The largest absolute Gasteiger partial charge is 0.478 e. The molecule has 10 nitrogen and oxygen atoms in total. The SMILES string of the molecule is CCOc1cc2cc(-c3c(C)nc(NCC(C)(C)C)nc3N[C@@H]3C[C@H](CO)[C@@H](O)[C@H]3O)oc2c(C)n1.Cl. The van der Waals surface area contributed by atoms with Crippen molar-refractivity contribution in [1.82, 2.24) is 15.0 Å². The van der Waals surface area contributed by atoms with Crippen LogP contribution in [0.5, 0.6) is 5.88 Å². The zero-order valence-electron chi connectivity index (χ0n) is 22.2. The number of hydrogen-bond acceptors (Lipinski definition) is 10. The van der Waals surface area contributed by atoms with Crippen molar-refractivity contribution in [3.63, 3.8) is 0 Å². The van der Waals surface area contributed by atoms with Crippen LogP contribution in [0.15, 0.2) is 16.5 Å². The summed E-state index contributed by atoms with van der Waals surface area (Å²) in [5.74, 6) is 1.59. The maximum atomic E-state index is 10.6. The zero-order valence-corrected chi connectivity index (χ0v) is 23.0. The Morgan fingerprint density at radius 3 is 2.43 bits per heavy atom.